The molecule has 0 amide bonds. The number of hydrogen-bond donors (Lipinski definition) is 1. The lowest BCUT2D eigenvalue weighted by atomic mass is 10.4. The van der Waals surface area contributed by atoms with E-state index in [2.05, 4.69) is 28.5 Å². The van der Waals surface area contributed by atoms with Crippen LogP contribution in [0.4, 0.5) is 0 Å². The number of thiazole rings is 1. The van der Waals surface area contributed by atoms with Gasteiger partial charge in [-0.1, -0.05) is 6.92 Å². The Bertz CT molecular complexity index is 607. The summed E-state index contributed by atoms with van der Waals surface area (Å²) in [5, 5.41) is 9.81. The third-order valence-electron chi connectivity index (χ3n) is 2.72. The SMILES string of the molecule is CCNCc1ccn(Cc2cn3ccsc3n2)n1. The summed E-state index contributed by atoms with van der Waals surface area (Å²) >= 11 is 1.65. The molecule has 0 aliphatic rings. The Hall–Kier alpha value is -1.66. The molecule has 3 aromatic heterocycles. The number of imidazole rings is 1. The van der Waals surface area contributed by atoms with Crippen molar-refractivity contribution in [2.75, 3.05) is 6.54 Å². The van der Waals surface area contributed by atoms with Gasteiger partial charge in [0.05, 0.1) is 17.9 Å². The highest BCUT2D eigenvalue weighted by molar-refractivity contribution is 7.15. The van der Waals surface area contributed by atoms with Crippen molar-refractivity contribution in [1.29, 1.82) is 0 Å². The standard InChI is InChI=1S/C12H15N5S/c1-2-13-7-10-3-4-17(15-10)9-11-8-16-5-6-18-12(16)14-11/h3-6,8,13H,2,7,9H2,1H3. The fourth-order valence-electron chi connectivity index (χ4n) is 1.86. The molecule has 3 aromatic rings. The van der Waals surface area contributed by atoms with Crippen LogP contribution in [0.2, 0.25) is 0 Å². The summed E-state index contributed by atoms with van der Waals surface area (Å²) in [4.78, 5) is 5.58. The van der Waals surface area contributed by atoms with Crippen LogP contribution in [0.25, 0.3) is 4.96 Å². The molecule has 0 atom stereocenters. The first-order valence-electron chi connectivity index (χ1n) is 5.99. The van der Waals surface area contributed by atoms with Gasteiger partial charge in [-0.2, -0.15) is 5.10 Å². The van der Waals surface area contributed by atoms with Crippen LogP contribution in [-0.2, 0) is 13.1 Å². The van der Waals surface area contributed by atoms with Crippen LogP contribution in [0.1, 0.15) is 18.3 Å². The van der Waals surface area contributed by atoms with E-state index in [4.69, 9.17) is 0 Å². The molecule has 5 nitrogen and oxygen atoms in total. The zero-order chi connectivity index (χ0) is 12.4. The second kappa shape index (κ2) is 4.91. The molecule has 0 saturated heterocycles. The fraction of sp³-hybridized carbons (Fsp3) is 0.333. The number of aromatic nitrogens is 4. The molecule has 0 aromatic carbocycles. The highest BCUT2D eigenvalue weighted by atomic mass is 32.1. The molecule has 0 fully saturated rings. The first kappa shape index (κ1) is 11.4. The van der Waals surface area contributed by atoms with Crippen LogP contribution < -0.4 is 5.32 Å². The van der Waals surface area contributed by atoms with Gasteiger partial charge >= 0.3 is 0 Å². The third kappa shape index (κ3) is 2.30. The van der Waals surface area contributed by atoms with Crippen molar-refractivity contribution in [3.8, 4) is 0 Å². The number of nitrogens with one attached hydrogen (secondary N) is 1. The zero-order valence-electron chi connectivity index (χ0n) is 10.2. The number of rotatable bonds is 5. The Labute approximate surface area is 109 Å². The maximum atomic E-state index is 4.54. The van der Waals surface area contributed by atoms with Crippen LogP contribution in [0.15, 0.2) is 30.0 Å². The van der Waals surface area contributed by atoms with E-state index in [1.807, 2.05) is 32.9 Å². The van der Waals surface area contributed by atoms with Crippen LogP contribution in [0.3, 0.4) is 0 Å². The first-order valence-corrected chi connectivity index (χ1v) is 6.87. The van der Waals surface area contributed by atoms with E-state index in [1.165, 1.54) is 0 Å². The molecule has 0 radical (unpaired) electrons. The second-order valence-electron chi connectivity index (χ2n) is 4.11. The van der Waals surface area contributed by atoms with Crippen molar-refractivity contribution in [3.05, 3.63) is 41.4 Å². The predicted octanol–water partition coefficient (Wildman–Crippen LogP) is 1.75. The fourth-order valence-corrected chi connectivity index (χ4v) is 2.58. The van der Waals surface area contributed by atoms with Gasteiger partial charge in [0.15, 0.2) is 4.96 Å². The van der Waals surface area contributed by atoms with Gasteiger partial charge in [0.1, 0.15) is 0 Å². The number of hydrogen-bond acceptors (Lipinski definition) is 4. The van der Waals surface area contributed by atoms with Crippen molar-refractivity contribution < 1.29 is 0 Å². The minimum absolute atomic E-state index is 0.723. The molecule has 0 aliphatic carbocycles. The van der Waals surface area contributed by atoms with Gasteiger partial charge in [0.2, 0.25) is 0 Å². The highest BCUT2D eigenvalue weighted by Crippen LogP contribution is 2.12. The topological polar surface area (TPSA) is 47.2 Å². The van der Waals surface area contributed by atoms with Crippen molar-refractivity contribution >= 4 is 16.3 Å². The quantitative estimate of drug-likeness (QED) is 0.761. The summed E-state index contributed by atoms with van der Waals surface area (Å²) in [6, 6.07) is 2.04. The van der Waals surface area contributed by atoms with Crippen molar-refractivity contribution in [1.82, 2.24) is 24.5 Å². The van der Waals surface area contributed by atoms with Gasteiger partial charge in [0.25, 0.3) is 0 Å². The first-order chi connectivity index (χ1) is 8.85. The molecule has 3 rings (SSSR count). The Morgan fingerprint density at radius 2 is 2.28 bits per heavy atom. The molecule has 6 heteroatoms. The Morgan fingerprint density at radius 1 is 1.33 bits per heavy atom. The van der Waals surface area contributed by atoms with Crippen molar-refractivity contribution in [3.63, 3.8) is 0 Å². The van der Waals surface area contributed by atoms with E-state index in [1.54, 1.807) is 11.3 Å². The summed E-state index contributed by atoms with van der Waals surface area (Å²) in [6.45, 7) is 4.60. The van der Waals surface area contributed by atoms with Crippen LogP contribution in [0.5, 0.6) is 0 Å². The molecule has 0 saturated carbocycles. The van der Waals surface area contributed by atoms with E-state index >= 15 is 0 Å². The molecule has 0 bridgehead atoms. The predicted molar refractivity (Wildman–Crippen MR) is 71.8 cm³/mol. The smallest absolute Gasteiger partial charge is 0.193 e. The average Bonchev–Trinajstić information content (AvgIpc) is 3.02. The largest absolute Gasteiger partial charge is 0.311 e. The molecule has 0 spiro atoms. The molecule has 0 aliphatic heterocycles. The normalized spacial score (nSPS) is 11.4. The van der Waals surface area contributed by atoms with Gasteiger partial charge in [-0.25, -0.2) is 4.98 Å². The minimum atomic E-state index is 0.723. The number of fused-ring (bicyclic) bond motifs is 1. The van der Waals surface area contributed by atoms with Gasteiger partial charge in [-0.05, 0) is 12.6 Å². The van der Waals surface area contributed by atoms with Gasteiger partial charge < -0.3 is 5.32 Å². The average molecular weight is 261 g/mol. The lowest BCUT2D eigenvalue weighted by Gasteiger charge is -1.98. The molecule has 18 heavy (non-hydrogen) atoms. The van der Waals surface area contributed by atoms with Crippen molar-refractivity contribution in [2.45, 2.75) is 20.0 Å². The maximum absolute atomic E-state index is 4.54. The molecule has 1 N–H and O–H groups in total. The summed E-state index contributed by atoms with van der Waals surface area (Å²) < 4.78 is 3.97. The monoisotopic (exact) mass is 261 g/mol. The summed E-state index contributed by atoms with van der Waals surface area (Å²) in [5.74, 6) is 0. The van der Waals surface area contributed by atoms with Crippen molar-refractivity contribution in [2.24, 2.45) is 0 Å². The third-order valence-corrected chi connectivity index (χ3v) is 3.49. The van der Waals surface area contributed by atoms with E-state index < -0.39 is 0 Å². The molecule has 94 valence electrons. The van der Waals surface area contributed by atoms with Crippen LogP contribution in [-0.4, -0.2) is 25.7 Å². The summed E-state index contributed by atoms with van der Waals surface area (Å²) in [6.07, 6.45) is 6.08. The molecule has 0 unspecified atom stereocenters. The van der Waals surface area contributed by atoms with E-state index in [9.17, 15) is 0 Å². The van der Waals surface area contributed by atoms with Crippen LogP contribution >= 0.6 is 11.3 Å². The summed E-state index contributed by atoms with van der Waals surface area (Å²) in [7, 11) is 0. The molecular weight excluding hydrogens is 246 g/mol. The lowest BCUT2D eigenvalue weighted by Crippen LogP contribution is -2.12. The summed E-state index contributed by atoms with van der Waals surface area (Å²) in [5.41, 5.74) is 2.11. The Morgan fingerprint density at radius 3 is 3.11 bits per heavy atom. The van der Waals surface area contributed by atoms with E-state index in [0.717, 1.165) is 36.0 Å². The Kier molecular flexibility index (Phi) is 3.12. The lowest BCUT2D eigenvalue weighted by molar-refractivity contribution is 0.638. The number of nitrogens with zero attached hydrogens (tertiary/aromatic N) is 4. The molecule has 3 heterocycles. The Balaban J connectivity index is 1.72. The molecular formula is C12H15N5S. The van der Waals surface area contributed by atoms with Gasteiger partial charge in [-0.15, -0.1) is 11.3 Å². The second-order valence-corrected chi connectivity index (χ2v) is 4.98. The highest BCUT2D eigenvalue weighted by Gasteiger charge is 2.04. The van der Waals surface area contributed by atoms with Gasteiger partial charge in [-0.3, -0.25) is 9.08 Å². The minimum Gasteiger partial charge on any atom is -0.311 e. The van der Waals surface area contributed by atoms with Crippen LogP contribution in [0, 0.1) is 0 Å². The maximum Gasteiger partial charge on any atom is 0.193 e. The van der Waals surface area contributed by atoms with Gasteiger partial charge in [0, 0.05) is 30.5 Å². The zero-order valence-corrected chi connectivity index (χ0v) is 11.0. The van der Waals surface area contributed by atoms with E-state index in [-0.39, 0.29) is 0 Å². The van der Waals surface area contributed by atoms with E-state index in [0.29, 0.717) is 0 Å².